The van der Waals surface area contributed by atoms with Crippen molar-refractivity contribution in [3.63, 3.8) is 0 Å². The summed E-state index contributed by atoms with van der Waals surface area (Å²) in [6, 6.07) is 7.02. The summed E-state index contributed by atoms with van der Waals surface area (Å²) >= 11 is 5.99. The molecule has 3 rings (SSSR count). The molecule has 0 aliphatic carbocycles. The summed E-state index contributed by atoms with van der Waals surface area (Å²) in [5, 5.41) is 3.47. The number of nitrogens with one attached hydrogen (secondary N) is 1. The second kappa shape index (κ2) is 8.51. The standard InChI is InChI=1S/C17H23ClN4O3/c18-14-2-1-3-15(12-14)22-7-6-21(17(22)24)13-16(23)19-4-5-20-8-10-25-11-9-20/h1-3,12H,4-11,13H2,(H,19,23). The van der Waals surface area contributed by atoms with Crippen molar-refractivity contribution in [1.29, 1.82) is 0 Å². The van der Waals surface area contributed by atoms with E-state index in [2.05, 4.69) is 10.2 Å². The van der Waals surface area contributed by atoms with Crippen molar-refractivity contribution in [3.05, 3.63) is 29.3 Å². The number of carbonyl (C=O) groups excluding carboxylic acids is 2. The van der Waals surface area contributed by atoms with Gasteiger partial charge < -0.3 is 15.0 Å². The van der Waals surface area contributed by atoms with Gasteiger partial charge in [0.15, 0.2) is 0 Å². The van der Waals surface area contributed by atoms with Crippen molar-refractivity contribution in [3.8, 4) is 0 Å². The van der Waals surface area contributed by atoms with E-state index in [4.69, 9.17) is 16.3 Å². The number of carbonyl (C=O) groups is 2. The first kappa shape index (κ1) is 18.0. The number of morpholine rings is 1. The molecular formula is C17H23ClN4O3. The zero-order chi connectivity index (χ0) is 17.6. The van der Waals surface area contributed by atoms with Gasteiger partial charge >= 0.3 is 6.03 Å². The van der Waals surface area contributed by atoms with Crippen molar-refractivity contribution < 1.29 is 14.3 Å². The second-order valence-corrected chi connectivity index (χ2v) is 6.58. The molecule has 0 bridgehead atoms. The van der Waals surface area contributed by atoms with E-state index in [1.165, 1.54) is 0 Å². The average molecular weight is 367 g/mol. The molecule has 0 spiro atoms. The van der Waals surface area contributed by atoms with Crippen LogP contribution in [0.3, 0.4) is 0 Å². The maximum atomic E-state index is 12.5. The van der Waals surface area contributed by atoms with Crippen molar-refractivity contribution in [2.24, 2.45) is 0 Å². The van der Waals surface area contributed by atoms with Crippen LogP contribution in [0.5, 0.6) is 0 Å². The number of ether oxygens (including phenoxy) is 1. The Hall–Kier alpha value is -1.83. The maximum Gasteiger partial charge on any atom is 0.325 e. The van der Waals surface area contributed by atoms with Gasteiger partial charge in [-0.3, -0.25) is 14.6 Å². The van der Waals surface area contributed by atoms with Crippen molar-refractivity contribution in [2.45, 2.75) is 0 Å². The molecule has 0 unspecified atom stereocenters. The minimum absolute atomic E-state index is 0.0824. The molecule has 7 nitrogen and oxygen atoms in total. The summed E-state index contributed by atoms with van der Waals surface area (Å²) in [6.07, 6.45) is 0. The highest BCUT2D eigenvalue weighted by atomic mass is 35.5. The number of amides is 3. The van der Waals surface area contributed by atoms with Crippen molar-refractivity contribution in [2.75, 3.05) is 63.9 Å². The Morgan fingerprint density at radius 1 is 1.20 bits per heavy atom. The van der Waals surface area contributed by atoms with E-state index in [0.717, 1.165) is 38.5 Å². The third-order valence-electron chi connectivity index (χ3n) is 4.40. The molecule has 2 fully saturated rings. The molecule has 2 aliphatic rings. The van der Waals surface area contributed by atoms with Crippen LogP contribution in [0.4, 0.5) is 10.5 Å². The van der Waals surface area contributed by atoms with Gasteiger partial charge in [-0.2, -0.15) is 0 Å². The van der Waals surface area contributed by atoms with Crippen LogP contribution in [0.15, 0.2) is 24.3 Å². The fourth-order valence-corrected chi connectivity index (χ4v) is 3.20. The zero-order valence-corrected chi connectivity index (χ0v) is 14.9. The Labute approximate surface area is 152 Å². The van der Waals surface area contributed by atoms with Crippen LogP contribution < -0.4 is 10.2 Å². The molecule has 2 aliphatic heterocycles. The van der Waals surface area contributed by atoms with Gasteiger partial charge in [-0.25, -0.2) is 4.79 Å². The van der Waals surface area contributed by atoms with E-state index in [-0.39, 0.29) is 18.5 Å². The summed E-state index contributed by atoms with van der Waals surface area (Å²) in [7, 11) is 0. The van der Waals surface area contributed by atoms with Gasteiger partial charge in [0.25, 0.3) is 0 Å². The quantitative estimate of drug-likeness (QED) is 0.816. The predicted octanol–water partition coefficient (Wildman–Crippen LogP) is 1.03. The summed E-state index contributed by atoms with van der Waals surface area (Å²) in [6.45, 7) is 5.84. The van der Waals surface area contributed by atoms with Gasteiger partial charge in [-0.1, -0.05) is 17.7 Å². The lowest BCUT2D eigenvalue weighted by molar-refractivity contribution is -0.121. The summed E-state index contributed by atoms with van der Waals surface area (Å²) in [4.78, 5) is 30.0. The zero-order valence-electron chi connectivity index (χ0n) is 14.1. The number of hydrogen-bond donors (Lipinski definition) is 1. The number of hydrogen-bond acceptors (Lipinski definition) is 4. The van der Waals surface area contributed by atoms with Gasteiger partial charge in [0, 0.05) is 50.0 Å². The van der Waals surface area contributed by atoms with Crippen LogP contribution in [0.1, 0.15) is 0 Å². The molecule has 3 amide bonds. The van der Waals surface area contributed by atoms with E-state index in [1.807, 2.05) is 12.1 Å². The van der Waals surface area contributed by atoms with E-state index in [0.29, 0.717) is 24.7 Å². The third-order valence-corrected chi connectivity index (χ3v) is 4.64. The summed E-state index contributed by atoms with van der Waals surface area (Å²) in [5.74, 6) is -0.130. The molecule has 0 radical (unpaired) electrons. The van der Waals surface area contributed by atoms with Gasteiger partial charge in [0.2, 0.25) is 5.91 Å². The molecule has 1 aromatic carbocycles. The lowest BCUT2D eigenvalue weighted by atomic mass is 10.3. The first-order valence-corrected chi connectivity index (χ1v) is 8.90. The molecule has 1 aromatic rings. The lowest BCUT2D eigenvalue weighted by Crippen LogP contribution is -2.44. The maximum absolute atomic E-state index is 12.5. The number of benzene rings is 1. The Bertz CT molecular complexity index is 622. The summed E-state index contributed by atoms with van der Waals surface area (Å²) in [5.41, 5.74) is 0.757. The highest BCUT2D eigenvalue weighted by molar-refractivity contribution is 6.30. The topological polar surface area (TPSA) is 65.1 Å². The van der Waals surface area contributed by atoms with Gasteiger partial charge in [0.1, 0.15) is 6.54 Å². The van der Waals surface area contributed by atoms with E-state index < -0.39 is 0 Å². The lowest BCUT2D eigenvalue weighted by Gasteiger charge is -2.26. The number of rotatable bonds is 6. The monoisotopic (exact) mass is 366 g/mol. The molecular weight excluding hydrogens is 344 g/mol. The fraction of sp³-hybridized carbons (Fsp3) is 0.529. The van der Waals surface area contributed by atoms with E-state index >= 15 is 0 Å². The second-order valence-electron chi connectivity index (χ2n) is 6.14. The largest absolute Gasteiger partial charge is 0.379 e. The van der Waals surface area contributed by atoms with Crippen LogP contribution in [0.2, 0.25) is 5.02 Å². The van der Waals surface area contributed by atoms with Crippen LogP contribution in [0, 0.1) is 0 Å². The Morgan fingerprint density at radius 2 is 2.00 bits per heavy atom. The smallest absolute Gasteiger partial charge is 0.325 e. The molecule has 25 heavy (non-hydrogen) atoms. The first-order valence-electron chi connectivity index (χ1n) is 8.52. The predicted molar refractivity (Wildman–Crippen MR) is 96.0 cm³/mol. The Morgan fingerprint density at radius 3 is 2.76 bits per heavy atom. The molecule has 0 atom stereocenters. The van der Waals surface area contributed by atoms with Gasteiger partial charge in [-0.05, 0) is 18.2 Å². The highest BCUT2D eigenvalue weighted by Crippen LogP contribution is 2.23. The number of anilines is 1. The third kappa shape index (κ3) is 4.84. The fourth-order valence-electron chi connectivity index (χ4n) is 3.02. The highest BCUT2D eigenvalue weighted by Gasteiger charge is 2.30. The molecule has 8 heteroatoms. The molecule has 2 heterocycles. The van der Waals surface area contributed by atoms with Crippen molar-refractivity contribution in [1.82, 2.24) is 15.1 Å². The summed E-state index contributed by atoms with van der Waals surface area (Å²) < 4.78 is 5.30. The normalized spacial score (nSPS) is 18.7. The average Bonchev–Trinajstić information content (AvgIpc) is 2.96. The SMILES string of the molecule is O=C(CN1CCN(c2cccc(Cl)c2)C1=O)NCCN1CCOCC1. The molecule has 2 saturated heterocycles. The van der Waals surface area contributed by atoms with E-state index in [9.17, 15) is 9.59 Å². The number of nitrogens with zero attached hydrogens (tertiary/aromatic N) is 3. The minimum atomic E-state index is -0.161. The minimum Gasteiger partial charge on any atom is -0.379 e. The first-order chi connectivity index (χ1) is 12.1. The van der Waals surface area contributed by atoms with Crippen LogP contribution in [-0.2, 0) is 9.53 Å². The Kier molecular flexibility index (Phi) is 6.12. The molecule has 0 aromatic heterocycles. The molecule has 1 N–H and O–H groups in total. The van der Waals surface area contributed by atoms with E-state index in [1.54, 1.807) is 21.9 Å². The number of halogens is 1. The van der Waals surface area contributed by atoms with Gasteiger partial charge in [-0.15, -0.1) is 0 Å². The molecule has 136 valence electrons. The number of urea groups is 1. The Balaban J connectivity index is 1.43. The van der Waals surface area contributed by atoms with Gasteiger partial charge in [0.05, 0.1) is 13.2 Å². The van der Waals surface area contributed by atoms with Crippen LogP contribution >= 0.6 is 11.6 Å². The van der Waals surface area contributed by atoms with Crippen LogP contribution in [0.25, 0.3) is 0 Å². The van der Waals surface area contributed by atoms with Crippen molar-refractivity contribution >= 4 is 29.2 Å². The van der Waals surface area contributed by atoms with Crippen LogP contribution in [-0.4, -0.2) is 80.8 Å². The molecule has 0 saturated carbocycles.